The quantitative estimate of drug-likeness (QED) is 0.738. The average molecular weight is 429 g/mol. The fourth-order valence-corrected chi connectivity index (χ4v) is 4.59. The van der Waals surface area contributed by atoms with Crippen LogP contribution in [0.5, 0.6) is 0 Å². The van der Waals surface area contributed by atoms with Gasteiger partial charge in [-0.15, -0.1) is 12.4 Å². The molecule has 1 fully saturated rings. The van der Waals surface area contributed by atoms with Crippen LogP contribution in [0.2, 0.25) is 0 Å². The Balaban J connectivity index is 0.00000261. The Morgan fingerprint density at radius 3 is 2.37 bits per heavy atom. The molecule has 0 bridgehead atoms. The van der Waals surface area contributed by atoms with Gasteiger partial charge in [-0.3, -0.25) is 4.90 Å². The SMILES string of the molecule is Cl.O=S(=O)(NCC(N1CCNCC1)C(F)(F)F)N1CCc2ccccc2C1. The van der Waals surface area contributed by atoms with Crippen molar-refractivity contribution in [2.75, 3.05) is 39.3 Å². The minimum absolute atomic E-state index is 0. The highest BCUT2D eigenvalue weighted by Gasteiger charge is 2.44. The summed E-state index contributed by atoms with van der Waals surface area (Å²) in [5.41, 5.74) is 1.96. The average Bonchev–Trinajstić information content (AvgIpc) is 2.61. The molecule has 2 N–H and O–H groups in total. The van der Waals surface area contributed by atoms with Crippen molar-refractivity contribution in [2.45, 2.75) is 25.2 Å². The van der Waals surface area contributed by atoms with E-state index in [-0.39, 0.29) is 38.6 Å². The van der Waals surface area contributed by atoms with Crippen molar-refractivity contribution in [1.29, 1.82) is 0 Å². The van der Waals surface area contributed by atoms with Crippen LogP contribution in [-0.4, -0.2) is 69.1 Å². The Bertz CT molecular complexity index is 727. The van der Waals surface area contributed by atoms with Crippen LogP contribution in [0, 0.1) is 0 Å². The first-order chi connectivity index (χ1) is 12.3. The van der Waals surface area contributed by atoms with Crippen LogP contribution in [-0.2, 0) is 23.2 Å². The van der Waals surface area contributed by atoms with Gasteiger partial charge in [0.15, 0.2) is 0 Å². The first-order valence-electron chi connectivity index (χ1n) is 8.60. The standard InChI is InChI=1S/C16H23F3N4O2S.ClH/c17-16(18,19)15(22-9-6-20-7-10-22)11-21-26(24,25)23-8-5-13-3-1-2-4-14(13)12-23;/h1-4,15,20-21H,5-12H2;1H. The van der Waals surface area contributed by atoms with Crippen molar-refractivity contribution in [3.05, 3.63) is 35.4 Å². The van der Waals surface area contributed by atoms with E-state index in [1.807, 2.05) is 24.3 Å². The van der Waals surface area contributed by atoms with Crippen molar-refractivity contribution in [3.8, 4) is 0 Å². The van der Waals surface area contributed by atoms with E-state index in [9.17, 15) is 21.6 Å². The Hall–Kier alpha value is -0.910. The lowest BCUT2D eigenvalue weighted by Gasteiger charge is -2.36. The highest BCUT2D eigenvalue weighted by Crippen LogP contribution is 2.25. The summed E-state index contributed by atoms with van der Waals surface area (Å²) in [5.74, 6) is 0. The molecule has 2 heterocycles. The number of alkyl halides is 3. The topological polar surface area (TPSA) is 64.7 Å². The van der Waals surface area contributed by atoms with Gasteiger partial charge in [-0.2, -0.15) is 25.9 Å². The molecule has 1 unspecified atom stereocenters. The number of fused-ring (bicyclic) bond motifs is 1. The van der Waals surface area contributed by atoms with Gasteiger partial charge in [0.1, 0.15) is 6.04 Å². The lowest BCUT2D eigenvalue weighted by molar-refractivity contribution is -0.182. The van der Waals surface area contributed by atoms with Gasteiger partial charge < -0.3 is 5.32 Å². The number of rotatable bonds is 5. The smallest absolute Gasteiger partial charge is 0.314 e. The van der Waals surface area contributed by atoms with E-state index in [1.54, 1.807) is 0 Å². The van der Waals surface area contributed by atoms with E-state index in [0.717, 1.165) is 11.1 Å². The predicted molar refractivity (Wildman–Crippen MR) is 99.0 cm³/mol. The molecule has 1 saturated heterocycles. The zero-order chi connectivity index (χ0) is 18.8. The third-order valence-electron chi connectivity index (χ3n) is 4.86. The maximum Gasteiger partial charge on any atom is 0.405 e. The number of nitrogens with one attached hydrogen (secondary N) is 2. The summed E-state index contributed by atoms with van der Waals surface area (Å²) in [5, 5.41) is 3.00. The number of benzene rings is 1. The number of nitrogens with zero attached hydrogens (tertiary/aromatic N) is 2. The molecule has 0 saturated carbocycles. The Labute approximate surface area is 163 Å². The normalized spacial score (nSPS) is 20.6. The Morgan fingerprint density at radius 1 is 1.11 bits per heavy atom. The predicted octanol–water partition coefficient (Wildman–Crippen LogP) is 1.14. The third-order valence-corrected chi connectivity index (χ3v) is 6.39. The Kier molecular flexibility index (Phi) is 7.51. The highest BCUT2D eigenvalue weighted by atomic mass is 35.5. The summed E-state index contributed by atoms with van der Waals surface area (Å²) < 4.78 is 68.7. The van der Waals surface area contributed by atoms with Gasteiger partial charge >= 0.3 is 6.18 Å². The molecule has 0 radical (unpaired) electrons. The van der Waals surface area contributed by atoms with Gasteiger partial charge in [0.25, 0.3) is 10.2 Å². The maximum absolute atomic E-state index is 13.4. The molecular weight excluding hydrogens is 405 g/mol. The number of hydrogen-bond acceptors (Lipinski definition) is 4. The van der Waals surface area contributed by atoms with E-state index < -0.39 is 29.0 Å². The lowest BCUT2D eigenvalue weighted by Crippen LogP contribution is -2.58. The molecule has 2 aliphatic rings. The summed E-state index contributed by atoms with van der Waals surface area (Å²) in [6.07, 6.45) is -3.94. The minimum atomic E-state index is -4.49. The molecule has 1 atom stereocenters. The Morgan fingerprint density at radius 2 is 1.74 bits per heavy atom. The lowest BCUT2D eigenvalue weighted by atomic mass is 10.0. The summed E-state index contributed by atoms with van der Waals surface area (Å²) in [4.78, 5) is 1.28. The molecule has 0 aliphatic carbocycles. The molecule has 6 nitrogen and oxygen atoms in total. The molecule has 154 valence electrons. The van der Waals surface area contributed by atoms with E-state index in [1.165, 1.54) is 9.21 Å². The summed E-state index contributed by atoms with van der Waals surface area (Å²) in [6, 6.07) is 5.68. The van der Waals surface area contributed by atoms with Crippen molar-refractivity contribution >= 4 is 22.6 Å². The van der Waals surface area contributed by atoms with Gasteiger partial charge in [-0.25, -0.2) is 4.72 Å². The molecule has 2 aliphatic heterocycles. The first kappa shape index (κ1) is 22.4. The molecular formula is C16H24ClF3N4O2S. The van der Waals surface area contributed by atoms with E-state index in [4.69, 9.17) is 0 Å². The van der Waals surface area contributed by atoms with E-state index >= 15 is 0 Å². The second-order valence-corrected chi connectivity index (χ2v) is 8.30. The molecule has 1 aromatic carbocycles. The largest absolute Gasteiger partial charge is 0.405 e. The summed E-state index contributed by atoms with van der Waals surface area (Å²) in [6.45, 7) is 1.16. The molecule has 11 heteroatoms. The second kappa shape index (κ2) is 9.06. The van der Waals surface area contributed by atoms with Crippen LogP contribution in [0.1, 0.15) is 11.1 Å². The monoisotopic (exact) mass is 428 g/mol. The number of hydrogen-bond donors (Lipinski definition) is 2. The van der Waals surface area contributed by atoms with Crippen molar-refractivity contribution in [1.82, 2.24) is 19.2 Å². The van der Waals surface area contributed by atoms with Gasteiger partial charge in [0.05, 0.1) is 0 Å². The zero-order valence-electron chi connectivity index (χ0n) is 14.7. The van der Waals surface area contributed by atoms with Crippen molar-refractivity contribution < 1.29 is 21.6 Å². The molecule has 1 aromatic rings. The molecule has 0 amide bonds. The maximum atomic E-state index is 13.4. The van der Waals surface area contributed by atoms with Gasteiger partial charge in [-0.1, -0.05) is 24.3 Å². The van der Waals surface area contributed by atoms with Gasteiger partial charge in [-0.05, 0) is 17.5 Å². The summed E-state index contributed by atoms with van der Waals surface area (Å²) in [7, 11) is -3.98. The fourth-order valence-electron chi connectivity index (χ4n) is 3.40. The molecule has 27 heavy (non-hydrogen) atoms. The zero-order valence-corrected chi connectivity index (χ0v) is 16.3. The highest BCUT2D eigenvalue weighted by molar-refractivity contribution is 7.87. The number of halogens is 4. The number of piperazine rings is 1. The van der Waals surface area contributed by atoms with Crippen LogP contribution >= 0.6 is 12.4 Å². The van der Waals surface area contributed by atoms with Crippen LogP contribution < -0.4 is 10.0 Å². The second-order valence-electron chi connectivity index (χ2n) is 6.55. The fraction of sp³-hybridized carbons (Fsp3) is 0.625. The van der Waals surface area contributed by atoms with Crippen molar-refractivity contribution in [3.63, 3.8) is 0 Å². The van der Waals surface area contributed by atoms with Crippen LogP contribution in [0.25, 0.3) is 0 Å². The van der Waals surface area contributed by atoms with Crippen LogP contribution in [0.3, 0.4) is 0 Å². The van der Waals surface area contributed by atoms with Crippen molar-refractivity contribution in [2.24, 2.45) is 0 Å². The molecule has 3 rings (SSSR count). The van der Waals surface area contributed by atoms with Crippen LogP contribution in [0.4, 0.5) is 13.2 Å². The summed E-state index contributed by atoms with van der Waals surface area (Å²) >= 11 is 0. The molecule has 0 spiro atoms. The first-order valence-corrected chi connectivity index (χ1v) is 10.0. The molecule has 0 aromatic heterocycles. The van der Waals surface area contributed by atoms with E-state index in [0.29, 0.717) is 19.5 Å². The van der Waals surface area contributed by atoms with Gasteiger partial charge in [0.2, 0.25) is 0 Å². The third kappa shape index (κ3) is 5.55. The minimum Gasteiger partial charge on any atom is -0.314 e. The van der Waals surface area contributed by atoms with Gasteiger partial charge in [0, 0.05) is 45.8 Å². The van der Waals surface area contributed by atoms with E-state index in [2.05, 4.69) is 10.0 Å². The van der Waals surface area contributed by atoms with Crippen LogP contribution in [0.15, 0.2) is 24.3 Å².